The Bertz CT molecular complexity index is 1540. The summed E-state index contributed by atoms with van der Waals surface area (Å²) >= 11 is 1.11. The van der Waals surface area contributed by atoms with Crippen molar-refractivity contribution in [2.75, 3.05) is 11.9 Å². The average Bonchev–Trinajstić information content (AvgIpc) is 3.56. The maximum absolute atomic E-state index is 13.4. The summed E-state index contributed by atoms with van der Waals surface area (Å²) in [4.78, 5) is 40.4. The molecule has 0 spiro atoms. The van der Waals surface area contributed by atoms with Gasteiger partial charge in [-0.1, -0.05) is 76.1 Å². The van der Waals surface area contributed by atoms with Gasteiger partial charge in [-0.25, -0.2) is 4.79 Å². The quantitative estimate of drug-likeness (QED) is 0.164. The van der Waals surface area contributed by atoms with Gasteiger partial charge >= 0.3 is 6.09 Å². The van der Waals surface area contributed by atoms with Crippen LogP contribution in [0.15, 0.2) is 60.7 Å². The molecule has 1 unspecified atom stereocenters. The molecule has 42 heavy (non-hydrogen) atoms. The number of aromatic nitrogens is 2. The molecule has 1 atom stereocenters. The first-order valence-electron chi connectivity index (χ1n) is 14.3. The molecule has 0 saturated heterocycles. The van der Waals surface area contributed by atoms with E-state index in [0.717, 1.165) is 46.4 Å². The standard InChI is InChI=1S/C32H39N5O4S/c1-6-7-11-18-41-31(40)37-30-24(19-25(42-30)29(39)35-32(4,5)23-12-9-8-10-13-23)27(36-37)34-28(38)22-16-14-21(15-17-22)26(33)20(2)3/h8-10,12-17,19-20,26H,6-7,11,18,33H2,1-5H3,(H,35,39)(H,34,36,38). The van der Waals surface area contributed by atoms with Crippen molar-refractivity contribution in [2.24, 2.45) is 11.7 Å². The third kappa shape index (κ3) is 7.06. The van der Waals surface area contributed by atoms with E-state index in [4.69, 9.17) is 10.5 Å². The SMILES string of the molecule is CCCCCOC(=O)n1nc(NC(=O)c2ccc(C(N)C(C)C)cc2)c2cc(C(=O)NC(C)(C)c3ccccc3)sc21. The van der Waals surface area contributed by atoms with Crippen LogP contribution >= 0.6 is 11.3 Å². The lowest BCUT2D eigenvalue weighted by Gasteiger charge is -2.26. The zero-order valence-electron chi connectivity index (χ0n) is 24.8. The van der Waals surface area contributed by atoms with Crippen LogP contribution in [0.3, 0.4) is 0 Å². The first-order valence-corrected chi connectivity index (χ1v) is 15.1. The smallest absolute Gasteiger partial charge is 0.436 e. The Morgan fingerprint density at radius 1 is 1.02 bits per heavy atom. The number of nitrogens with one attached hydrogen (secondary N) is 2. The number of carbonyl (C=O) groups is 3. The summed E-state index contributed by atoms with van der Waals surface area (Å²) in [6.07, 6.45) is 2.00. The molecule has 0 aliphatic carbocycles. The number of carbonyl (C=O) groups excluding carboxylic acids is 3. The second kappa shape index (κ2) is 13.3. The summed E-state index contributed by atoms with van der Waals surface area (Å²) in [5.41, 5.74) is 7.91. The van der Waals surface area contributed by atoms with Crippen molar-refractivity contribution >= 4 is 45.3 Å². The van der Waals surface area contributed by atoms with Crippen molar-refractivity contribution in [1.82, 2.24) is 15.1 Å². The van der Waals surface area contributed by atoms with Crippen LogP contribution in [-0.4, -0.2) is 34.3 Å². The molecule has 10 heteroatoms. The highest BCUT2D eigenvalue weighted by molar-refractivity contribution is 7.20. The minimum atomic E-state index is -0.665. The van der Waals surface area contributed by atoms with Gasteiger partial charge in [-0.15, -0.1) is 16.4 Å². The molecule has 4 aromatic rings. The van der Waals surface area contributed by atoms with Crippen LogP contribution in [0.5, 0.6) is 0 Å². The van der Waals surface area contributed by atoms with Crippen LogP contribution < -0.4 is 16.4 Å². The molecule has 2 heterocycles. The molecule has 9 nitrogen and oxygen atoms in total. The molecule has 4 rings (SSSR count). The first-order chi connectivity index (χ1) is 20.0. The van der Waals surface area contributed by atoms with E-state index < -0.39 is 17.5 Å². The highest BCUT2D eigenvalue weighted by Crippen LogP contribution is 2.33. The summed E-state index contributed by atoms with van der Waals surface area (Å²) in [5.74, 6) is -0.278. The Morgan fingerprint density at radius 3 is 2.36 bits per heavy atom. The van der Waals surface area contributed by atoms with Gasteiger partial charge in [-0.05, 0) is 55.5 Å². The molecule has 0 saturated carbocycles. The number of anilines is 1. The number of benzene rings is 2. The Kier molecular flexibility index (Phi) is 9.80. The van der Waals surface area contributed by atoms with Crippen LogP contribution in [0.4, 0.5) is 10.6 Å². The van der Waals surface area contributed by atoms with Gasteiger partial charge in [-0.2, -0.15) is 4.68 Å². The van der Waals surface area contributed by atoms with Crippen LogP contribution in [0.25, 0.3) is 10.2 Å². The molecular formula is C32H39N5O4S. The summed E-state index contributed by atoms with van der Waals surface area (Å²) in [5, 5.41) is 10.7. The Balaban J connectivity index is 1.62. The van der Waals surface area contributed by atoms with Gasteiger partial charge in [0.1, 0.15) is 4.83 Å². The summed E-state index contributed by atoms with van der Waals surface area (Å²) < 4.78 is 6.56. The lowest BCUT2D eigenvalue weighted by molar-refractivity contribution is 0.0915. The summed E-state index contributed by atoms with van der Waals surface area (Å²) in [6, 6.07) is 18.3. The van der Waals surface area contributed by atoms with Gasteiger partial charge in [0.2, 0.25) is 0 Å². The zero-order valence-corrected chi connectivity index (χ0v) is 25.6. The van der Waals surface area contributed by atoms with Crippen molar-refractivity contribution in [2.45, 2.75) is 65.5 Å². The second-order valence-electron chi connectivity index (χ2n) is 11.2. The molecule has 4 N–H and O–H groups in total. The van der Waals surface area contributed by atoms with E-state index in [1.807, 2.05) is 70.2 Å². The topological polar surface area (TPSA) is 128 Å². The van der Waals surface area contributed by atoms with E-state index in [-0.39, 0.29) is 30.3 Å². The van der Waals surface area contributed by atoms with E-state index in [1.165, 1.54) is 0 Å². The minimum absolute atomic E-state index is 0.136. The summed E-state index contributed by atoms with van der Waals surface area (Å²) in [7, 11) is 0. The van der Waals surface area contributed by atoms with E-state index in [0.29, 0.717) is 20.7 Å². The van der Waals surface area contributed by atoms with Crippen molar-refractivity contribution in [3.05, 3.63) is 82.2 Å². The van der Waals surface area contributed by atoms with Crippen molar-refractivity contribution in [3.8, 4) is 0 Å². The van der Waals surface area contributed by atoms with Crippen LogP contribution in [0, 0.1) is 5.92 Å². The van der Waals surface area contributed by atoms with Crippen molar-refractivity contribution < 1.29 is 19.1 Å². The predicted octanol–water partition coefficient (Wildman–Crippen LogP) is 6.85. The molecule has 2 aromatic carbocycles. The maximum Gasteiger partial charge on any atom is 0.436 e. The number of hydrogen-bond acceptors (Lipinski definition) is 7. The van der Waals surface area contributed by atoms with Gasteiger partial charge < -0.3 is 21.1 Å². The number of hydrogen-bond donors (Lipinski definition) is 3. The van der Waals surface area contributed by atoms with Crippen molar-refractivity contribution in [3.63, 3.8) is 0 Å². The van der Waals surface area contributed by atoms with E-state index in [9.17, 15) is 14.4 Å². The van der Waals surface area contributed by atoms with Crippen molar-refractivity contribution in [1.29, 1.82) is 0 Å². The van der Waals surface area contributed by atoms with Gasteiger partial charge in [0.15, 0.2) is 5.82 Å². The van der Waals surface area contributed by atoms with E-state index in [2.05, 4.69) is 22.7 Å². The molecule has 2 amide bonds. The maximum atomic E-state index is 13.4. The average molecular weight is 590 g/mol. The highest BCUT2D eigenvalue weighted by atomic mass is 32.1. The molecule has 2 aromatic heterocycles. The Hall–Kier alpha value is -4.02. The molecule has 0 radical (unpaired) electrons. The fourth-order valence-corrected chi connectivity index (χ4v) is 5.50. The van der Waals surface area contributed by atoms with Crippen LogP contribution in [-0.2, 0) is 10.3 Å². The van der Waals surface area contributed by atoms with E-state index in [1.54, 1.807) is 18.2 Å². The molecule has 0 aliphatic rings. The predicted molar refractivity (Wildman–Crippen MR) is 167 cm³/mol. The van der Waals surface area contributed by atoms with Gasteiger partial charge in [0.05, 0.1) is 22.4 Å². The number of fused-ring (bicyclic) bond motifs is 1. The van der Waals surface area contributed by atoms with Crippen LogP contribution in [0.2, 0.25) is 0 Å². The molecule has 0 fully saturated rings. The largest absolute Gasteiger partial charge is 0.448 e. The third-order valence-corrected chi connectivity index (χ3v) is 8.27. The minimum Gasteiger partial charge on any atom is -0.448 e. The molecule has 0 aliphatic heterocycles. The number of thiophene rings is 1. The van der Waals surface area contributed by atoms with Gasteiger partial charge in [0.25, 0.3) is 11.8 Å². The zero-order chi connectivity index (χ0) is 30.4. The highest BCUT2D eigenvalue weighted by Gasteiger charge is 2.27. The number of amides is 2. The molecular weight excluding hydrogens is 550 g/mol. The monoisotopic (exact) mass is 589 g/mol. The third-order valence-electron chi connectivity index (χ3n) is 7.16. The fourth-order valence-electron chi connectivity index (χ4n) is 4.50. The number of nitrogens with zero attached hydrogens (tertiary/aromatic N) is 2. The number of unbranched alkanes of at least 4 members (excludes halogenated alkanes) is 2. The lowest BCUT2D eigenvalue weighted by Crippen LogP contribution is -2.40. The molecule has 222 valence electrons. The van der Waals surface area contributed by atoms with E-state index >= 15 is 0 Å². The number of nitrogens with two attached hydrogens (primary N) is 1. The van der Waals surface area contributed by atoms with Gasteiger partial charge in [-0.3, -0.25) is 9.59 Å². The normalized spacial score (nSPS) is 12.4. The Morgan fingerprint density at radius 2 is 1.71 bits per heavy atom. The fraction of sp³-hybridized carbons (Fsp3) is 0.375. The first kappa shape index (κ1) is 30.9. The van der Waals surface area contributed by atoms with Crippen LogP contribution in [0.1, 0.15) is 91.1 Å². The number of rotatable bonds is 11. The number of ether oxygens (including phenoxy) is 1. The lowest BCUT2D eigenvalue weighted by atomic mass is 9.94. The second-order valence-corrected chi connectivity index (χ2v) is 12.2. The molecule has 0 bridgehead atoms. The van der Waals surface area contributed by atoms with Gasteiger partial charge in [0, 0.05) is 11.6 Å². The Labute approximate surface area is 250 Å². The summed E-state index contributed by atoms with van der Waals surface area (Å²) in [6.45, 7) is 10.3.